The Labute approximate surface area is 173 Å². The zero-order valence-corrected chi connectivity index (χ0v) is 17.9. The minimum atomic E-state index is 0.105. The number of hydrogen-bond donors (Lipinski definition) is 0. The summed E-state index contributed by atoms with van der Waals surface area (Å²) in [6.45, 7) is 7.99. The fourth-order valence-corrected chi connectivity index (χ4v) is 4.37. The molecule has 1 amide bonds. The number of rotatable bonds is 9. The summed E-state index contributed by atoms with van der Waals surface area (Å²) in [5.74, 6) is 2.04. The lowest BCUT2D eigenvalue weighted by Crippen LogP contribution is -2.31. The van der Waals surface area contributed by atoms with Crippen LogP contribution in [0, 0.1) is 0 Å². The second-order valence-corrected chi connectivity index (χ2v) is 7.79. The standard InChI is InChI=1S/C20H24N4O2S2/c1-4-23(5-2)18(25)14-28-20-22-21-19(17-8-7-13-27-17)24(20)15-9-11-16(12-10-15)26-6-3/h7-13H,4-6,14H2,1-3H3. The molecule has 0 bridgehead atoms. The van der Waals surface area contributed by atoms with Gasteiger partial charge in [-0.05, 0) is 56.5 Å². The Morgan fingerprint density at radius 2 is 1.89 bits per heavy atom. The third-order valence-corrected chi connectivity index (χ3v) is 6.00. The van der Waals surface area contributed by atoms with Crippen molar-refractivity contribution in [3.63, 3.8) is 0 Å². The molecule has 28 heavy (non-hydrogen) atoms. The number of amides is 1. The number of nitrogens with zero attached hydrogens (tertiary/aromatic N) is 4. The summed E-state index contributed by atoms with van der Waals surface area (Å²) in [5, 5.41) is 11.5. The quantitative estimate of drug-likeness (QED) is 0.485. The molecule has 0 radical (unpaired) electrons. The second kappa shape index (κ2) is 9.75. The maximum atomic E-state index is 12.4. The smallest absolute Gasteiger partial charge is 0.233 e. The lowest BCUT2D eigenvalue weighted by molar-refractivity contribution is -0.127. The van der Waals surface area contributed by atoms with E-state index in [2.05, 4.69) is 10.2 Å². The molecule has 0 saturated carbocycles. The molecule has 0 atom stereocenters. The van der Waals surface area contributed by atoms with Gasteiger partial charge in [-0.3, -0.25) is 9.36 Å². The predicted molar refractivity (Wildman–Crippen MR) is 114 cm³/mol. The summed E-state index contributed by atoms with van der Waals surface area (Å²) in [7, 11) is 0. The van der Waals surface area contributed by atoms with Gasteiger partial charge in [-0.1, -0.05) is 17.8 Å². The molecule has 0 aliphatic heterocycles. The van der Waals surface area contributed by atoms with Crippen LogP contribution in [-0.4, -0.2) is 51.0 Å². The number of hydrogen-bond acceptors (Lipinski definition) is 6. The van der Waals surface area contributed by atoms with Crippen LogP contribution in [0.4, 0.5) is 0 Å². The lowest BCUT2D eigenvalue weighted by atomic mass is 10.3. The van der Waals surface area contributed by atoms with Gasteiger partial charge in [-0.25, -0.2) is 0 Å². The molecule has 2 aromatic heterocycles. The van der Waals surface area contributed by atoms with E-state index in [1.807, 2.05) is 72.0 Å². The molecule has 148 valence electrons. The zero-order chi connectivity index (χ0) is 19.9. The average molecular weight is 417 g/mol. The number of thiophene rings is 1. The van der Waals surface area contributed by atoms with Gasteiger partial charge in [0.2, 0.25) is 5.91 Å². The topological polar surface area (TPSA) is 60.2 Å². The first-order valence-corrected chi connectivity index (χ1v) is 11.2. The van der Waals surface area contributed by atoms with Crippen LogP contribution in [-0.2, 0) is 4.79 Å². The van der Waals surface area contributed by atoms with Gasteiger partial charge in [-0.15, -0.1) is 21.5 Å². The first-order chi connectivity index (χ1) is 13.7. The molecule has 0 spiro atoms. The third-order valence-electron chi connectivity index (χ3n) is 4.22. The summed E-state index contributed by atoms with van der Waals surface area (Å²) >= 11 is 3.03. The monoisotopic (exact) mass is 416 g/mol. The van der Waals surface area contributed by atoms with Crippen molar-refractivity contribution in [3.05, 3.63) is 41.8 Å². The van der Waals surface area contributed by atoms with Gasteiger partial charge in [0.05, 0.1) is 22.9 Å². The van der Waals surface area contributed by atoms with Crippen molar-refractivity contribution >= 4 is 29.0 Å². The van der Waals surface area contributed by atoms with Crippen molar-refractivity contribution in [1.82, 2.24) is 19.7 Å². The molecular formula is C20H24N4O2S2. The van der Waals surface area contributed by atoms with Gasteiger partial charge in [-0.2, -0.15) is 0 Å². The molecular weight excluding hydrogens is 392 g/mol. The molecule has 0 fully saturated rings. The van der Waals surface area contributed by atoms with E-state index in [1.165, 1.54) is 11.8 Å². The SMILES string of the molecule is CCOc1ccc(-n2c(SCC(=O)N(CC)CC)nnc2-c2cccs2)cc1. The predicted octanol–water partition coefficient (Wildman–Crippen LogP) is 4.36. The highest BCUT2D eigenvalue weighted by Crippen LogP contribution is 2.31. The van der Waals surface area contributed by atoms with E-state index in [1.54, 1.807) is 11.3 Å². The molecule has 3 rings (SSSR count). The summed E-state index contributed by atoms with van der Waals surface area (Å²) in [6, 6.07) is 11.9. The lowest BCUT2D eigenvalue weighted by Gasteiger charge is -2.18. The van der Waals surface area contributed by atoms with Gasteiger partial charge in [0.1, 0.15) is 5.75 Å². The van der Waals surface area contributed by atoms with Crippen LogP contribution >= 0.6 is 23.1 Å². The maximum Gasteiger partial charge on any atom is 0.233 e. The molecule has 0 aliphatic rings. The fourth-order valence-electron chi connectivity index (χ4n) is 2.81. The third kappa shape index (κ3) is 4.56. The van der Waals surface area contributed by atoms with Crippen LogP contribution in [0.25, 0.3) is 16.4 Å². The van der Waals surface area contributed by atoms with Crippen LogP contribution in [0.3, 0.4) is 0 Å². The van der Waals surface area contributed by atoms with Crippen LogP contribution in [0.2, 0.25) is 0 Å². The summed E-state index contributed by atoms with van der Waals surface area (Å²) < 4.78 is 7.55. The van der Waals surface area contributed by atoms with Gasteiger partial charge < -0.3 is 9.64 Å². The van der Waals surface area contributed by atoms with E-state index < -0.39 is 0 Å². The Bertz CT molecular complexity index is 888. The number of thioether (sulfide) groups is 1. The molecule has 1 aromatic carbocycles. The van der Waals surface area contributed by atoms with Crippen molar-refractivity contribution in [2.24, 2.45) is 0 Å². The number of ether oxygens (including phenoxy) is 1. The Kier molecular flexibility index (Phi) is 7.11. The normalized spacial score (nSPS) is 10.8. The Balaban J connectivity index is 1.91. The number of carbonyl (C=O) groups is 1. The van der Waals surface area contributed by atoms with Crippen molar-refractivity contribution in [2.75, 3.05) is 25.4 Å². The van der Waals surface area contributed by atoms with E-state index in [4.69, 9.17) is 4.74 Å². The van der Waals surface area contributed by atoms with Crippen molar-refractivity contribution in [2.45, 2.75) is 25.9 Å². The van der Waals surface area contributed by atoms with Gasteiger partial charge in [0.25, 0.3) is 0 Å². The average Bonchev–Trinajstić information content (AvgIpc) is 3.38. The Morgan fingerprint density at radius 3 is 2.50 bits per heavy atom. The van der Waals surface area contributed by atoms with E-state index in [0.717, 1.165) is 22.1 Å². The first-order valence-electron chi connectivity index (χ1n) is 9.31. The minimum Gasteiger partial charge on any atom is -0.494 e. The van der Waals surface area contributed by atoms with Crippen molar-refractivity contribution in [3.8, 4) is 22.1 Å². The number of benzene rings is 1. The fraction of sp³-hybridized carbons (Fsp3) is 0.350. The molecule has 8 heteroatoms. The second-order valence-electron chi connectivity index (χ2n) is 5.90. The summed E-state index contributed by atoms with van der Waals surface area (Å²) in [6.07, 6.45) is 0. The highest BCUT2D eigenvalue weighted by atomic mass is 32.2. The van der Waals surface area contributed by atoms with Gasteiger partial charge in [0, 0.05) is 13.1 Å². The highest BCUT2D eigenvalue weighted by Gasteiger charge is 2.19. The van der Waals surface area contributed by atoms with Crippen LogP contribution < -0.4 is 4.74 Å². The number of aromatic nitrogens is 3. The highest BCUT2D eigenvalue weighted by molar-refractivity contribution is 7.99. The molecule has 6 nitrogen and oxygen atoms in total. The molecule has 0 unspecified atom stereocenters. The Hall–Kier alpha value is -2.32. The molecule has 3 aromatic rings. The van der Waals surface area contributed by atoms with E-state index in [-0.39, 0.29) is 5.91 Å². The zero-order valence-electron chi connectivity index (χ0n) is 16.3. The summed E-state index contributed by atoms with van der Waals surface area (Å²) in [4.78, 5) is 15.3. The van der Waals surface area contributed by atoms with Gasteiger partial charge in [0.15, 0.2) is 11.0 Å². The minimum absolute atomic E-state index is 0.105. The number of carbonyl (C=O) groups excluding carboxylic acids is 1. The van der Waals surface area contributed by atoms with Crippen molar-refractivity contribution < 1.29 is 9.53 Å². The largest absolute Gasteiger partial charge is 0.494 e. The first kappa shape index (κ1) is 20.4. The van der Waals surface area contributed by atoms with E-state index in [9.17, 15) is 4.79 Å². The molecule has 0 saturated heterocycles. The molecule has 0 aliphatic carbocycles. The maximum absolute atomic E-state index is 12.4. The van der Waals surface area contributed by atoms with Crippen LogP contribution in [0.15, 0.2) is 46.9 Å². The van der Waals surface area contributed by atoms with Crippen molar-refractivity contribution in [1.29, 1.82) is 0 Å². The Morgan fingerprint density at radius 1 is 1.14 bits per heavy atom. The molecule has 0 N–H and O–H groups in total. The van der Waals surface area contributed by atoms with Gasteiger partial charge >= 0.3 is 0 Å². The van der Waals surface area contributed by atoms with E-state index >= 15 is 0 Å². The van der Waals surface area contributed by atoms with E-state index in [0.29, 0.717) is 30.6 Å². The summed E-state index contributed by atoms with van der Waals surface area (Å²) in [5.41, 5.74) is 0.939. The van der Waals surface area contributed by atoms with Crippen LogP contribution in [0.1, 0.15) is 20.8 Å². The van der Waals surface area contributed by atoms with Crippen LogP contribution in [0.5, 0.6) is 5.75 Å². The molecule has 2 heterocycles.